The van der Waals surface area contributed by atoms with Crippen LogP contribution in [0.25, 0.3) is 0 Å². The Hall–Kier alpha value is -3.39. The highest BCUT2D eigenvalue weighted by atomic mass is 16.5. The number of benzene rings is 2. The number of hydrogen-bond donors (Lipinski definition) is 1. The average molecular weight is 451 g/mol. The molecule has 1 atom stereocenters. The van der Waals surface area contributed by atoms with E-state index in [1.807, 2.05) is 30.3 Å². The molecule has 2 aromatic carbocycles. The van der Waals surface area contributed by atoms with Gasteiger partial charge in [0.05, 0.1) is 12.1 Å². The molecule has 2 aliphatic heterocycles. The molecule has 0 radical (unpaired) electrons. The summed E-state index contributed by atoms with van der Waals surface area (Å²) in [5.74, 6) is -0.206. The second-order valence-electron chi connectivity index (χ2n) is 8.47. The number of nitrogens with two attached hydrogens (primary N) is 1. The lowest BCUT2D eigenvalue weighted by molar-refractivity contribution is -0.128. The van der Waals surface area contributed by atoms with Crippen LogP contribution in [0.3, 0.4) is 0 Å². The normalized spacial score (nSPS) is 19.0. The summed E-state index contributed by atoms with van der Waals surface area (Å²) in [7, 11) is 0. The van der Waals surface area contributed by atoms with Gasteiger partial charge < -0.3 is 20.3 Å². The molecule has 8 heteroatoms. The molecule has 0 spiro atoms. The Balaban J connectivity index is 1.42. The standard InChI is InChI=1S/C25H30N4O4/c26-24(31)21-18-27(17-19-7-2-1-3-8-19)13-14-29(21)25(32)20-9-4-5-10-22(20)33-16-15-28-12-6-11-23(28)30/h1-5,7-10,21H,6,11-18H2,(H2,26,31)/t21-/m0/s1. The number of para-hydroxylation sites is 1. The van der Waals surface area contributed by atoms with Gasteiger partial charge >= 0.3 is 0 Å². The molecule has 0 aromatic heterocycles. The first-order valence-electron chi connectivity index (χ1n) is 11.4. The molecule has 174 valence electrons. The summed E-state index contributed by atoms with van der Waals surface area (Å²) < 4.78 is 5.89. The summed E-state index contributed by atoms with van der Waals surface area (Å²) in [6.07, 6.45) is 1.46. The molecule has 2 heterocycles. The molecule has 33 heavy (non-hydrogen) atoms. The largest absolute Gasteiger partial charge is 0.491 e. The zero-order valence-corrected chi connectivity index (χ0v) is 18.7. The van der Waals surface area contributed by atoms with Crippen molar-refractivity contribution in [3.8, 4) is 5.75 Å². The van der Waals surface area contributed by atoms with Crippen molar-refractivity contribution in [1.29, 1.82) is 0 Å². The summed E-state index contributed by atoms with van der Waals surface area (Å²) in [5, 5.41) is 0. The minimum Gasteiger partial charge on any atom is -0.491 e. The van der Waals surface area contributed by atoms with Crippen LogP contribution in [0.4, 0.5) is 0 Å². The number of nitrogens with zero attached hydrogens (tertiary/aromatic N) is 3. The Kier molecular flexibility index (Phi) is 7.24. The van der Waals surface area contributed by atoms with Gasteiger partial charge in [0.25, 0.3) is 5.91 Å². The molecule has 3 amide bonds. The maximum absolute atomic E-state index is 13.4. The van der Waals surface area contributed by atoms with Crippen molar-refractivity contribution < 1.29 is 19.1 Å². The first kappa shape index (κ1) is 22.8. The van der Waals surface area contributed by atoms with Crippen molar-refractivity contribution in [3.63, 3.8) is 0 Å². The molecule has 2 fully saturated rings. The third kappa shape index (κ3) is 5.51. The van der Waals surface area contributed by atoms with Crippen molar-refractivity contribution in [2.45, 2.75) is 25.4 Å². The lowest BCUT2D eigenvalue weighted by atomic mass is 10.1. The van der Waals surface area contributed by atoms with Crippen LogP contribution in [0.15, 0.2) is 54.6 Å². The van der Waals surface area contributed by atoms with Crippen molar-refractivity contribution in [2.75, 3.05) is 39.3 Å². The molecule has 0 saturated carbocycles. The molecule has 2 aliphatic rings. The average Bonchev–Trinajstić information content (AvgIpc) is 3.24. The maximum atomic E-state index is 13.4. The highest BCUT2D eigenvalue weighted by Gasteiger charge is 2.35. The van der Waals surface area contributed by atoms with E-state index < -0.39 is 11.9 Å². The topological polar surface area (TPSA) is 96.2 Å². The van der Waals surface area contributed by atoms with Gasteiger partial charge in [0, 0.05) is 39.1 Å². The lowest BCUT2D eigenvalue weighted by Crippen LogP contribution is -2.59. The Morgan fingerprint density at radius 2 is 1.76 bits per heavy atom. The minimum atomic E-state index is -0.717. The van der Waals surface area contributed by atoms with Crippen molar-refractivity contribution >= 4 is 17.7 Å². The van der Waals surface area contributed by atoms with Gasteiger partial charge in [-0.05, 0) is 24.1 Å². The predicted molar refractivity (Wildman–Crippen MR) is 123 cm³/mol. The molecular weight excluding hydrogens is 420 g/mol. The Labute approximate surface area is 193 Å². The Bertz CT molecular complexity index is 997. The molecule has 8 nitrogen and oxygen atoms in total. The van der Waals surface area contributed by atoms with Gasteiger partial charge in [0.15, 0.2) is 0 Å². The van der Waals surface area contributed by atoms with Crippen LogP contribution in [-0.2, 0) is 16.1 Å². The van der Waals surface area contributed by atoms with Crippen molar-refractivity contribution in [2.24, 2.45) is 5.73 Å². The van der Waals surface area contributed by atoms with Gasteiger partial charge in [-0.1, -0.05) is 42.5 Å². The van der Waals surface area contributed by atoms with E-state index in [0.717, 1.165) is 18.5 Å². The van der Waals surface area contributed by atoms with Crippen LogP contribution in [0, 0.1) is 0 Å². The first-order valence-corrected chi connectivity index (χ1v) is 11.4. The number of hydrogen-bond acceptors (Lipinski definition) is 5. The van der Waals surface area contributed by atoms with Gasteiger partial charge in [-0.2, -0.15) is 0 Å². The first-order chi connectivity index (χ1) is 16.0. The van der Waals surface area contributed by atoms with Gasteiger partial charge in [-0.3, -0.25) is 19.3 Å². The Morgan fingerprint density at radius 1 is 1.00 bits per heavy atom. The number of carbonyl (C=O) groups is 3. The van der Waals surface area contributed by atoms with E-state index in [4.69, 9.17) is 10.5 Å². The second-order valence-corrected chi connectivity index (χ2v) is 8.47. The molecule has 0 aliphatic carbocycles. The molecule has 2 aromatic rings. The van der Waals surface area contributed by atoms with Crippen LogP contribution < -0.4 is 10.5 Å². The summed E-state index contributed by atoms with van der Waals surface area (Å²) in [4.78, 5) is 43.0. The molecule has 2 N–H and O–H groups in total. The zero-order chi connectivity index (χ0) is 23.2. The Morgan fingerprint density at radius 3 is 2.48 bits per heavy atom. The van der Waals surface area contributed by atoms with Gasteiger partial charge in [0.2, 0.25) is 11.8 Å². The quantitative estimate of drug-likeness (QED) is 0.658. The highest BCUT2D eigenvalue weighted by molar-refractivity contribution is 5.99. The molecule has 4 rings (SSSR count). The highest BCUT2D eigenvalue weighted by Crippen LogP contribution is 2.23. The monoisotopic (exact) mass is 450 g/mol. The third-order valence-corrected chi connectivity index (χ3v) is 6.21. The van der Waals surface area contributed by atoms with E-state index in [9.17, 15) is 14.4 Å². The summed E-state index contributed by atoms with van der Waals surface area (Å²) in [6, 6.07) is 16.3. The fraction of sp³-hybridized carbons (Fsp3) is 0.400. The van der Waals surface area contributed by atoms with Crippen LogP contribution >= 0.6 is 0 Å². The molecule has 0 unspecified atom stereocenters. The predicted octanol–water partition coefficient (Wildman–Crippen LogP) is 1.50. The van der Waals surface area contributed by atoms with Crippen molar-refractivity contribution in [3.05, 3.63) is 65.7 Å². The number of likely N-dealkylation sites (tertiary alicyclic amines) is 1. The number of primary amides is 1. The van der Waals surface area contributed by atoms with Crippen LogP contribution in [0.5, 0.6) is 5.75 Å². The number of piperazine rings is 1. The van der Waals surface area contributed by atoms with E-state index >= 15 is 0 Å². The summed E-state index contributed by atoms with van der Waals surface area (Å²) in [6.45, 7) is 3.66. The number of ether oxygens (including phenoxy) is 1. The summed E-state index contributed by atoms with van der Waals surface area (Å²) >= 11 is 0. The molecule has 2 saturated heterocycles. The second kappa shape index (κ2) is 10.5. The maximum Gasteiger partial charge on any atom is 0.258 e. The van der Waals surface area contributed by atoms with E-state index in [1.165, 1.54) is 0 Å². The number of amides is 3. The fourth-order valence-electron chi connectivity index (χ4n) is 4.44. The smallest absolute Gasteiger partial charge is 0.258 e. The van der Waals surface area contributed by atoms with E-state index in [-0.39, 0.29) is 11.8 Å². The van der Waals surface area contributed by atoms with Crippen LogP contribution in [0.1, 0.15) is 28.8 Å². The summed E-state index contributed by atoms with van der Waals surface area (Å²) in [5.41, 5.74) is 7.25. The third-order valence-electron chi connectivity index (χ3n) is 6.21. The van der Waals surface area contributed by atoms with E-state index in [0.29, 0.717) is 57.1 Å². The number of carbonyl (C=O) groups excluding carboxylic acids is 3. The molecular formula is C25H30N4O4. The number of rotatable bonds is 8. The zero-order valence-electron chi connectivity index (χ0n) is 18.7. The van der Waals surface area contributed by atoms with Crippen LogP contribution in [0.2, 0.25) is 0 Å². The fourth-order valence-corrected chi connectivity index (χ4v) is 4.44. The van der Waals surface area contributed by atoms with Crippen molar-refractivity contribution in [1.82, 2.24) is 14.7 Å². The lowest BCUT2D eigenvalue weighted by Gasteiger charge is -2.40. The van der Waals surface area contributed by atoms with Gasteiger partial charge in [-0.25, -0.2) is 0 Å². The van der Waals surface area contributed by atoms with E-state index in [2.05, 4.69) is 4.90 Å². The van der Waals surface area contributed by atoms with Gasteiger partial charge in [-0.15, -0.1) is 0 Å². The minimum absolute atomic E-state index is 0.139. The van der Waals surface area contributed by atoms with Crippen LogP contribution in [-0.4, -0.2) is 77.8 Å². The van der Waals surface area contributed by atoms with Gasteiger partial charge in [0.1, 0.15) is 18.4 Å². The SMILES string of the molecule is NC(=O)[C@@H]1CN(Cc2ccccc2)CCN1C(=O)c1ccccc1OCCN1CCCC1=O. The van der Waals surface area contributed by atoms with E-state index in [1.54, 1.807) is 34.1 Å². The molecule has 0 bridgehead atoms.